The fourth-order valence-electron chi connectivity index (χ4n) is 0.665. The minimum Gasteiger partial charge on any atom is -0.381 e. The van der Waals surface area contributed by atoms with E-state index >= 15 is 0 Å². The lowest BCUT2D eigenvalue weighted by Gasteiger charge is -2.09. The topological polar surface area (TPSA) is 9.23 Å². The van der Waals surface area contributed by atoms with Gasteiger partial charge in [-0.3, -0.25) is 0 Å². The Morgan fingerprint density at radius 3 is 1.64 bits per heavy atom. The molecular weight excluding hydrogens is 136 g/mol. The molecule has 1 fully saturated rings. The van der Waals surface area contributed by atoms with Crippen molar-refractivity contribution >= 4 is 0 Å². The van der Waals surface area contributed by atoms with Crippen LogP contribution in [0.2, 0.25) is 0 Å². The molecule has 60 valence electrons. The molecule has 0 atom stereocenters. The smallest absolute Gasteiger partial charge is 0.0488 e. The zero-order valence-electron chi connectivity index (χ0n) is 6.70. The van der Waals surface area contributed by atoms with Crippen LogP contribution in [0.15, 0.2) is 36.5 Å². The van der Waals surface area contributed by atoms with Gasteiger partial charge in [-0.1, -0.05) is 36.5 Å². The summed E-state index contributed by atoms with van der Waals surface area (Å²) in [5.74, 6) is 0. The molecule has 1 nitrogen and oxygen atoms in total. The summed E-state index contributed by atoms with van der Waals surface area (Å²) in [5.41, 5.74) is 0. The van der Waals surface area contributed by atoms with Gasteiger partial charge in [0.2, 0.25) is 0 Å². The number of hydrogen-bond acceptors (Lipinski definition) is 1. The summed E-state index contributed by atoms with van der Waals surface area (Å²) < 4.78 is 4.72. The lowest BCUT2D eigenvalue weighted by molar-refractivity contribution is 0.0367. The minimum absolute atomic E-state index is 1.00. The molecular formula is C10H14O. The molecule has 0 radical (unpaired) electrons. The molecule has 0 amide bonds. The molecule has 1 aliphatic carbocycles. The molecule has 0 unspecified atom stereocenters. The van der Waals surface area contributed by atoms with Gasteiger partial charge in [0.05, 0.1) is 0 Å². The molecule has 0 saturated carbocycles. The van der Waals surface area contributed by atoms with Crippen LogP contribution in [0.25, 0.3) is 0 Å². The third-order valence-electron chi connectivity index (χ3n) is 1.46. The standard InChI is InChI=1S/C7H8.C3H6O/c1-2-4-6-7-5-3-1;1-2-4-3-1/h1-6H,7H2;1-3H2. The van der Waals surface area contributed by atoms with Gasteiger partial charge in [0, 0.05) is 13.2 Å². The van der Waals surface area contributed by atoms with Gasteiger partial charge < -0.3 is 4.74 Å². The third kappa shape index (κ3) is 4.57. The van der Waals surface area contributed by atoms with Crippen molar-refractivity contribution in [1.82, 2.24) is 0 Å². The Bertz CT molecular complexity index is 144. The molecule has 0 spiro atoms. The number of allylic oxidation sites excluding steroid dienone is 6. The second kappa shape index (κ2) is 5.93. The van der Waals surface area contributed by atoms with Gasteiger partial charge >= 0.3 is 0 Å². The molecule has 1 heterocycles. The van der Waals surface area contributed by atoms with Crippen molar-refractivity contribution in [1.29, 1.82) is 0 Å². The first-order valence-electron chi connectivity index (χ1n) is 4.06. The van der Waals surface area contributed by atoms with Gasteiger partial charge in [-0.15, -0.1) is 0 Å². The van der Waals surface area contributed by atoms with Crippen LogP contribution in [0.3, 0.4) is 0 Å². The summed E-state index contributed by atoms with van der Waals surface area (Å²) in [6.45, 7) is 2.00. The van der Waals surface area contributed by atoms with Crippen LogP contribution in [0.4, 0.5) is 0 Å². The fourth-order valence-corrected chi connectivity index (χ4v) is 0.665. The highest BCUT2D eigenvalue weighted by Crippen LogP contribution is 1.93. The van der Waals surface area contributed by atoms with Crippen LogP contribution >= 0.6 is 0 Å². The summed E-state index contributed by atoms with van der Waals surface area (Å²) in [7, 11) is 0. The molecule has 0 N–H and O–H groups in total. The fraction of sp³-hybridized carbons (Fsp3) is 0.400. The van der Waals surface area contributed by atoms with Crippen LogP contribution < -0.4 is 0 Å². The monoisotopic (exact) mass is 150 g/mol. The van der Waals surface area contributed by atoms with E-state index in [-0.39, 0.29) is 0 Å². The summed E-state index contributed by atoms with van der Waals surface area (Å²) in [6, 6.07) is 0. The Morgan fingerprint density at radius 1 is 0.818 bits per heavy atom. The van der Waals surface area contributed by atoms with E-state index in [4.69, 9.17) is 4.74 Å². The normalized spacial score (nSPS) is 19.6. The van der Waals surface area contributed by atoms with Crippen LogP contribution in [0.5, 0.6) is 0 Å². The first kappa shape index (κ1) is 8.28. The Balaban J connectivity index is 0.000000128. The van der Waals surface area contributed by atoms with Crippen molar-refractivity contribution in [2.45, 2.75) is 12.8 Å². The third-order valence-corrected chi connectivity index (χ3v) is 1.46. The largest absolute Gasteiger partial charge is 0.381 e. The van der Waals surface area contributed by atoms with Crippen molar-refractivity contribution in [3.05, 3.63) is 36.5 Å². The summed E-state index contributed by atoms with van der Waals surface area (Å²) in [5, 5.41) is 0. The molecule has 2 aliphatic rings. The Labute approximate surface area is 68.1 Å². The van der Waals surface area contributed by atoms with E-state index in [1.54, 1.807) is 0 Å². The predicted octanol–water partition coefficient (Wildman–Crippen LogP) is 2.47. The average molecular weight is 150 g/mol. The van der Waals surface area contributed by atoms with E-state index in [0.29, 0.717) is 0 Å². The quantitative estimate of drug-likeness (QED) is 0.515. The maximum atomic E-state index is 4.72. The van der Waals surface area contributed by atoms with Gasteiger partial charge in [-0.2, -0.15) is 0 Å². The molecule has 0 aromatic rings. The van der Waals surface area contributed by atoms with Crippen LogP contribution in [0, 0.1) is 0 Å². The predicted molar refractivity (Wildman–Crippen MR) is 47.5 cm³/mol. The molecule has 1 heteroatoms. The highest BCUT2D eigenvalue weighted by Gasteiger charge is 1.94. The van der Waals surface area contributed by atoms with Crippen molar-refractivity contribution in [2.24, 2.45) is 0 Å². The minimum atomic E-state index is 1.00. The Morgan fingerprint density at radius 2 is 1.27 bits per heavy atom. The first-order chi connectivity index (χ1) is 5.50. The lowest BCUT2D eigenvalue weighted by atomic mass is 10.4. The van der Waals surface area contributed by atoms with Gasteiger partial charge in [0.25, 0.3) is 0 Å². The van der Waals surface area contributed by atoms with Crippen LogP contribution in [-0.4, -0.2) is 13.2 Å². The van der Waals surface area contributed by atoms with Gasteiger partial charge in [-0.25, -0.2) is 0 Å². The maximum absolute atomic E-state index is 4.72. The molecule has 0 aromatic carbocycles. The van der Waals surface area contributed by atoms with E-state index in [1.165, 1.54) is 6.42 Å². The number of rotatable bonds is 0. The van der Waals surface area contributed by atoms with E-state index in [2.05, 4.69) is 24.3 Å². The summed E-state index contributed by atoms with van der Waals surface area (Å²) >= 11 is 0. The highest BCUT2D eigenvalue weighted by atomic mass is 16.5. The number of hydrogen-bond donors (Lipinski definition) is 0. The SMILES string of the molecule is C1=CC=CCC=C1.C1COC1. The zero-order valence-corrected chi connectivity index (χ0v) is 6.70. The Kier molecular flexibility index (Phi) is 4.46. The molecule has 0 aromatic heterocycles. The first-order valence-corrected chi connectivity index (χ1v) is 4.06. The second-order valence-corrected chi connectivity index (χ2v) is 2.44. The van der Waals surface area contributed by atoms with E-state index < -0.39 is 0 Å². The zero-order chi connectivity index (χ0) is 7.78. The van der Waals surface area contributed by atoms with E-state index in [0.717, 1.165) is 19.6 Å². The van der Waals surface area contributed by atoms with Crippen molar-refractivity contribution in [3.63, 3.8) is 0 Å². The number of ether oxygens (including phenoxy) is 1. The van der Waals surface area contributed by atoms with Gasteiger partial charge in [0.1, 0.15) is 0 Å². The Hall–Kier alpha value is -0.820. The van der Waals surface area contributed by atoms with Crippen molar-refractivity contribution in [2.75, 3.05) is 13.2 Å². The van der Waals surface area contributed by atoms with Crippen LogP contribution in [0.1, 0.15) is 12.8 Å². The molecule has 1 saturated heterocycles. The van der Waals surface area contributed by atoms with Gasteiger partial charge in [0.15, 0.2) is 0 Å². The molecule has 0 bridgehead atoms. The van der Waals surface area contributed by atoms with Crippen LogP contribution in [-0.2, 0) is 4.74 Å². The van der Waals surface area contributed by atoms with Crippen molar-refractivity contribution < 1.29 is 4.74 Å². The van der Waals surface area contributed by atoms with Gasteiger partial charge in [-0.05, 0) is 12.8 Å². The van der Waals surface area contributed by atoms with Crippen molar-refractivity contribution in [3.8, 4) is 0 Å². The summed E-state index contributed by atoms with van der Waals surface area (Å²) in [4.78, 5) is 0. The molecule has 1 aliphatic heterocycles. The summed E-state index contributed by atoms with van der Waals surface area (Å²) in [6.07, 6.45) is 14.8. The average Bonchev–Trinajstić information content (AvgIpc) is 2.10. The molecule has 2 rings (SSSR count). The lowest BCUT2D eigenvalue weighted by Crippen LogP contribution is -2.09. The maximum Gasteiger partial charge on any atom is 0.0488 e. The molecule has 11 heavy (non-hydrogen) atoms. The highest BCUT2D eigenvalue weighted by molar-refractivity contribution is 5.16. The van der Waals surface area contributed by atoms with E-state index in [9.17, 15) is 0 Å². The van der Waals surface area contributed by atoms with E-state index in [1.807, 2.05) is 12.2 Å². The second-order valence-electron chi connectivity index (χ2n) is 2.44.